The van der Waals surface area contributed by atoms with Crippen molar-refractivity contribution in [1.82, 2.24) is 10.6 Å². The smallest absolute Gasteiger partial charge is 0.231 e. The third kappa shape index (κ3) is 4.39. The van der Waals surface area contributed by atoms with Crippen molar-refractivity contribution in [3.05, 3.63) is 46.2 Å². The number of hydrogen-bond donors (Lipinski definition) is 2. The summed E-state index contributed by atoms with van der Waals surface area (Å²) in [5.74, 6) is 2.50. The Kier molecular flexibility index (Phi) is 5.37. The molecule has 0 bridgehead atoms. The molecule has 0 spiro atoms. The van der Waals surface area contributed by atoms with Gasteiger partial charge in [-0.05, 0) is 42.0 Å². The summed E-state index contributed by atoms with van der Waals surface area (Å²) in [6, 6.07) is 10.3. The van der Waals surface area contributed by atoms with E-state index in [0.717, 1.165) is 43.4 Å². The second-order valence-electron chi connectivity index (χ2n) is 5.19. The molecule has 0 radical (unpaired) electrons. The third-order valence-corrected chi connectivity index (χ3v) is 4.55. The summed E-state index contributed by atoms with van der Waals surface area (Å²) in [5.41, 5.74) is 1.22. The van der Waals surface area contributed by atoms with Crippen molar-refractivity contribution in [3.63, 3.8) is 0 Å². The molecule has 1 aromatic heterocycles. The topological polar surface area (TPSA) is 54.9 Å². The van der Waals surface area contributed by atoms with Crippen molar-refractivity contribution >= 4 is 17.3 Å². The number of benzene rings is 1. The summed E-state index contributed by atoms with van der Waals surface area (Å²) in [6.45, 7) is 2.01. The van der Waals surface area contributed by atoms with Gasteiger partial charge in [0.1, 0.15) is 0 Å². The fourth-order valence-electron chi connectivity index (χ4n) is 2.40. The van der Waals surface area contributed by atoms with Gasteiger partial charge in [-0.25, -0.2) is 0 Å². The molecule has 5 nitrogen and oxygen atoms in total. The van der Waals surface area contributed by atoms with E-state index in [9.17, 15) is 0 Å². The fourth-order valence-corrected chi connectivity index (χ4v) is 3.11. The Hall–Kier alpha value is -2.21. The molecule has 3 rings (SSSR count). The van der Waals surface area contributed by atoms with Crippen LogP contribution in [0.3, 0.4) is 0 Å². The molecule has 1 aromatic carbocycles. The average molecular weight is 331 g/mol. The second kappa shape index (κ2) is 7.87. The molecule has 2 heterocycles. The number of rotatable bonds is 6. The van der Waals surface area contributed by atoms with Crippen LogP contribution in [-0.2, 0) is 12.8 Å². The van der Waals surface area contributed by atoms with Gasteiger partial charge in [-0.15, -0.1) is 11.3 Å². The highest BCUT2D eigenvalue weighted by molar-refractivity contribution is 7.09. The van der Waals surface area contributed by atoms with Crippen LogP contribution in [0.25, 0.3) is 0 Å². The molecule has 2 aromatic rings. The molecule has 0 saturated carbocycles. The molecule has 1 aliphatic heterocycles. The van der Waals surface area contributed by atoms with Crippen molar-refractivity contribution in [2.75, 3.05) is 26.9 Å². The predicted molar refractivity (Wildman–Crippen MR) is 93.7 cm³/mol. The predicted octanol–water partition coefficient (Wildman–Crippen LogP) is 2.43. The van der Waals surface area contributed by atoms with Gasteiger partial charge < -0.3 is 20.1 Å². The van der Waals surface area contributed by atoms with Crippen LogP contribution < -0.4 is 20.1 Å². The van der Waals surface area contributed by atoms with E-state index in [2.05, 4.69) is 39.2 Å². The summed E-state index contributed by atoms with van der Waals surface area (Å²) >= 11 is 1.78. The van der Waals surface area contributed by atoms with Crippen LogP contribution in [-0.4, -0.2) is 32.9 Å². The fraction of sp³-hybridized carbons (Fsp3) is 0.353. The Morgan fingerprint density at radius 2 is 1.96 bits per heavy atom. The van der Waals surface area contributed by atoms with E-state index in [1.165, 1.54) is 10.4 Å². The Bertz CT molecular complexity index is 656. The molecule has 0 amide bonds. The van der Waals surface area contributed by atoms with Crippen LogP contribution in [0.5, 0.6) is 11.5 Å². The SMILES string of the molecule is CN=C(NCCc1ccc2c(c1)OCO2)NCCc1cccs1. The molecule has 2 N–H and O–H groups in total. The average Bonchev–Trinajstić information content (AvgIpc) is 3.24. The quantitative estimate of drug-likeness (QED) is 0.630. The van der Waals surface area contributed by atoms with Crippen molar-refractivity contribution in [2.45, 2.75) is 12.8 Å². The molecular formula is C17H21N3O2S. The normalized spacial score (nSPS) is 13.2. The maximum Gasteiger partial charge on any atom is 0.231 e. The van der Waals surface area contributed by atoms with E-state index in [4.69, 9.17) is 9.47 Å². The van der Waals surface area contributed by atoms with Crippen molar-refractivity contribution in [2.24, 2.45) is 4.99 Å². The summed E-state index contributed by atoms with van der Waals surface area (Å²) in [7, 11) is 1.79. The Morgan fingerprint density at radius 3 is 2.74 bits per heavy atom. The van der Waals surface area contributed by atoms with E-state index >= 15 is 0 Å². The first-order valence-electron chi connectivity index (χ1n) is 7.70. The molecule has 0 saturated heterocycles. The van der Waals surface area contributed by atoms with Gasteiger partial charge in [0.15, 0.2) is 17.5 Å². The number of nitrogens with zero attached hydrogens (tertiary/aromatic N) is 1. The number of ether oxygens (including phenoxy) is 2. The van der Waals surface area contributed by atoms with Crippen molar-refractivity contribution in [1.29, 1.82) is 0 Å². The van der Waals surface area contributed by atoms with Gasteiger partial charge in [0.05, 0.1) is 0 Å². The van der Waals surface area contributed by atoms with Crippen molar-refractivity contribution in [3.8, 4) is 11.5 Å². The highest BCUT2D eigenvalue weighted by Gasteiger charge is 2.12. The van der Waals surface area contributed by atoms with Crippen LogP contribution in [0.2, 0.25) is 0 Å². The molecule has 0 atom stereocenters. The molecule has 0 unspecified atom stereocenters. The Labute approximate surface area is 140 Å². The van der Waals surface area contributed by atoms with Crippen LogP contribution in [0.4, 0.5) is 0 Å². The molecule has 1 aliphatic rings. The van der Waals surface area contributed by atoms with Crippen LogP contribution in [0.15, 0.2) is 40.7 Å². The lowest BCUT2D eigenvalue weighted by Gasteiger charge is -2.11. The first kappa shape index (κ1) is 15.7. The molecule has 122 valence electrons. The van der Waals surface area contributed by atoms with Gasteiger partial charge in [-0.1, -0.05) is 12.1 Å². The van der Waals surface area contributed by atoms with E-state index in [-0.39, 0.29) is 0 Å². The minimum atomic E-state index is 0.317. The molecule has 0 aliphatic carbocycles. The maximum atomic E-state index is 5.40. The summed E-state index contributed by atoms with van der Waals surface area (Å²) < 4.78 is 10.7. The first-order valence-corrected chi connectivity index (χ1v) is 8.58. The third-order valence-electron chi connectivity index (χ3n) is 3.61. The summed E-state index contributed by atoms with van der Waals surface area (Å²) in [4.78, 5) is 5.63. The minimum Gasteiger partial charge on any atom is -0.454 e. The zero-order chi connectivity index (χ0) is 15.9. The number of nitrogens with one attached hydrogen (secondary N) is 2. The van der Waals surface area contributed by atoms with E-state index in [1.807, 2.05) is 12.1 Å². The van der Waals surface area contributed by atoms with Crippen LogP contribution in [0, 0.1) is 0 Å². The Morgan fingerprint density at radius 1 is 1.13 bits per heavy atom. The lowest BCUT2D eigenvalue weighted by molar-refractivity contribution is 0.174. The molecule has 0 fully saturated rings. The number of guanidine groups is 1. The van der Waals surface area contributed by atoms with E-state index in [1.54, 1.807) is 18.4 Å². The van der Waals surface area contributed by atoms with Gasteiger partial charge in [-0.3, -0.25) is 4.99 Å². The summed E-state index contributed by atoms with van der Waals surface area (Å²) in [5, 5.41) is 8.78. The lowest BCUT2D eigenvalue weighted by atomic mass is 10.1. The van der Waals surface area contributed by atoms with Gasteiger partial charge in [0.25, 0.3) is 0 Å². The van der Waals surface area contributed by atoms with Crippen LogP contribution >= 0.6 is 11.3 Å². The number of hydrogen-bond acceptors (Lipinski definition) is 4. The van der Waals surface area contributed by atoms with Crippen molar-refractivity contribution < 1.29 is 9.47 Å². The number of fused-ring (bicyclic) bond motifs is 1. The van der Waals surface area contributed by atoms with Crippen LogP contribution in [0.1, 0.15) is 10.4 Å². The Balaban J connectivity index is 1.40. The lowest BCUT2D eigenvalue weighted by Crippen LogP contribution is -2.39. The second-order valence-corrected chi connectivity index (χ2v) is 6.22. The van der Waals surface area contributed by atoms with Gasteiger partial charge in [0, 0.05) is 25.0 Å². The monoisotopic (exact) mass is 331 g/mol. The van der Waals surface area contributed by atoms with Gasteiger partial charge in [-0.2, -0.15) is 0 Å². The highest BCUT2D eigenvalue weighted by Crippen LogP contribution is 2.32. The zero-order valence-electron chi connectivity index (χ0n) is 13.2. The van der Waals surface area contributed by atoms with E-state index < -0.39 is 0 Å². The first-order chi connectivity index (χ1) is 11.3. The largest absolute Gasteiger partial charge is 0.454 e. The molecular weight excluding hydrogens is 310 g/mol. The van der Waals surface area contributed by atoms with E-state index in [0.29, 0.717) is 6.79 Å². The molecule has 6 heteroatoms. The number of thiophene rings is 1. The summed E-state index contributed by atoms with van der Waals surface area (Å²) in [6.07, 6.45) is 1.92. The number of aliphatic imine (C=N–C) groups is 1. The highest BCUT2D eigenvalue weighted by atomic mass is 32.1. The minimum absolute atomic E-state index is 0.317. The van der Waals surface area contributed by atoms with Gasteiger partial charge >= 0.3 is 0 Å². The maximum absolute atomic E-state index is 5.40. The molecule has 23 heavy (non-hydrogen) atoms. The standard InChI is InChI=1S/C17H21N3O2S/c1-18-17(20-9-7-14-3-2-10-23-14)19-8-6-13-4-5-15-16(11-13)22-12-21-15/h2-5,10-11H,6-9,12H2,1H3,(H2,18,19,20). The van der Waals surface area contributed by atoms with Gasteiger partial charge in [0.2, 0.25) is 6.79 Å². The zero-order valence-corrected chi connectivity index (χ0v) is 14.0.